The van der Waals surface area contributed by atoms with Crippen molar-refractivity contribution in [3.05, 3.63) is 72.0 Å². The Balaban J connectivity index is 1.45. The van der Waals surface area contributed by atoms with Crippen LogP contribution in [0.4, 0.5) is 10.1 Å². The summed E-state index contributed by atoms with van der Waals surface area (Å²) in [4.78, 5) is 24.6. The van der Waals surface area contributed by atoms with Crippen molar-refractivity contribution in [1.29, 1.82) is 0 Å². The van der Waals surface area contributed by atoms with Crippen LogP contribution in [0.15, 0.2) is 70.2 Å². The number of fused-ring (bicyclic) bond motifs is 3. The van der Waals surface area contributed by atoms with Crippen LogP contribution in [0.25, 0.3) is 21.9 Å². The number of amides is 2. The van der Waals surface area contributed by atoms with Gasteiger partial charge in [0, 0.05) is 28.1 Å². The molecule has 0 saturated heterocycles. The molecule has 0 aliphatic rings. The summed E-state index contributed by atoms with van der Waals surface area (Å²) in [5.74, 6) is -0.774. The number of methoxy groups -OCH3 is 1. The largest absolute Gasteiger partial charge is 0.495 e. The van der Waals surface area contributed by atoms with Crippen molar-refractivity contribution in [3.63, 3.8) is 0 Å². The zero-order chi connectivity index (χ0) is 22.7. The fraction of sp³-hybridized carbons (Fsp3) is 0.125. The van der Waals surface area contributed by atoms with Gasteiger partial charge in [0.15, 0.2) is 0 Å². The smallest absolute Gasteiger partial charge is 0.271 e. The maximum atomic E-state index is 13.0. The van der Waals surface area contributed by atoms with Gasteiger partial charge < -0.3 is 14.5 Å². The minimum absolute atomic E-state index is 0.0506. The van der Waals surface area contributed by atoms with Crippen LogP contribution in [0.2, 0.25) is 0 Å². The van der Waals surface area contributed by atoms with Crippen molar-refractivity contribution < 1.29 is 23.1 Å². The summed E-state index contributed by atoms with van der Waals surface area (Å²) in [6.45, 7) is 1.62. The SMILES string of the molecule is COc1cc2c(cc1NC(=O)C/C(C)=N/NC(=O)c1ccc(F)cc1)oc1ccccc12. The van der Waals surface area contributed by atoms with Crippen LogP contribution in [0.1, 0.15) is 23.7 Å². The van der Waals surface area contributed by atoms with E-state index in [1.54, 1.807) is 13.0 Å². The van der Waals surface area contributed by atoms with Gasteiger partial charge >= 0.3 is 0 Å². The minimum Gasteiger partial charge on any atom is -0.495 e. The van der Waals surface area contributed by atoms with Gasteiger partial charge in [-0.1, -0.05) is 18.2 Å². The number of furan rings is 1. The van der Waals surface area contributed by atoms with Crippen LogP contribution in [-0.2, 0) is 4.79 Å². The molecule has 4 aromatic rings. The van der Waals surface area contributed by atoms with Gasteiger partial charge in [0.2, 0.25) is 5.91 Å². The molecule has 1 aromatic heterocycles. The molecule has 4 rings (SSSR count). The van der Waals surface area contributed by atoms with Crippen molar-refractivity contribution in [3.8, 4) is 5.75 Å². The Hall–Kier alpha value is -4.20. The van der Waals surface area contributed by atoms with Gasteiger partial charge in [0.1, 0.15) is 22.7 Å². The minimum atomic E-state index is -0.498. The average Bonchev–Trinajstić information content (AvgIpc) is 3.14. The Morgan fingerprint density at radius 1 is 1.03 bits per heavy atom. The summed E-state index contributed by atoms with van der Waals surface area (Å²) in [5, 5.41) is 8.58. The zero-order valence-electron chi connectivity index (χ0n) is 17.4. The van der Waals surface area contributed by atoms with Crippen LogP contribution in [0, 0.1) is 5.82 Å². The second kappa shape index (κ2) is 8.89. The van der Waals surface area contributed by atoms with E-state index in [9.17, 15) is 14.0 Å². The first-order valence-corrected chi connectivity index (χ1v) is 9.83. The second-order valence-electron chi connectivity index (χ2n) is 7.17. The van der Waals surface area contributed by atoms with E-state index in [0.717, 1.165) is 16.4 Å². The Bertz CT molecular complexity index is 1340. The lowest BCUT2D eigenvalue weighted by molar-refractivity contribution is -0.115. The lowest BCUT2D eigenvalue weighted by Crippen LogP contribution is -2.21. The highest BCUT2D eigenvalue weighted by atomic mass is 19.1. The molecule has 3 aromatic carbocycles. The Kier molecular flexibility index (Phi) is 5.85. The quantitative estimate of drug-likeness (QED) is 0.335. The van der Waals surface area contributed by atoms with E-state index < -0.39 is 11.7 Å². The van der Waals surface area contributed by atoms with Crippen LogP contribution in [0.3, 0.4) is 0 Å². The number of carbonyl (C=O) groups is 2. The summed E-state index contributed by atoms with van der Waals surface area (Å²) in [7, 11) is 1.52. The molecule has 0 aliphatic carbocycles. The van der Waals surface area contributed by atoms with Crippen molar-refractivity contribution in [2.24, 2.45) is 5.10 Å². The topological polar surface area (TPSA) is 92.9 Å². The maximum absolute atomic E-state index is 13.0. The standard InChI is InChI=1S/C24H20FN3O4/c1-14(27-28-24(30)15-7-9-16(25)10-8-15)11-23(29)26-19-13-21-18(12-22(19)31-2)17-5-3-4-6-20(17)32-21/h3-10,12-13H,11H2,1-2H3,(H,26,29)(H,28,30)/b27-14+. The first-order chi connectivity index (χ1) is 15.4. The second-order valence-corrected chi connectivity index (χ2v) is 7.17. The number of para-hydroxylation sites is 1. The maximum Gasteiger partial charge on any atom is 0.271 e. The van der Waals surface area contributed by atoms with Crippen molar-refractivity contribution in [2.45, 2.75) is 13.3 Å². The molecule has 0 unspecified atom stereocenters. The number of nitrogens with zero attached hydrogens (tertiary/aromatic N) is 1. The lowest BCUT2D eigenvalue weighted by Gasteiger charge is -2.10. The number of carbonyl (C=O) groups excluding carboxylic acids is 2. The van der Waals surface area contributed by atoms with Crippen molar-refractivity contribution >= 4 is 45.2 Å². The number of hydrogen-bond donors (Lipinski definition) is 2. The number of halogens is 1. The molecule has 8 heteroatoms. The van der Waals surface area contributed by atoms with E-state index in [1.165, 1.54) is 31.4 Å². The number of anilines is 1. The summed E-state index contributed by atoms with van der Waals surface area (Å²) in [6, 6.07) is 16.3. The molecule has 0 spiro atoms. The highest BCUT2D eigenvalue weighted by molar-refractivity contribution is 6.10. The summed E-state index contributed by atoms with van der Waals surface area (Å²) in [6.07, 6.45) is -0.0506. The third kappa shape index (κ3) is 4.44. The average molecular weight is 433 g/mol. The van der Waals surface area contributed by atoms with Gasteiger partial charge in [-0.05, 0) is 43.3 Å². The Morgan fingerprint density at radius 3 is 2.53 bits per heavy atom. The van der Waals surface area contributed by atoms with Gasteiger partial charge in [-0.3, -0.25) is 9.59 Å². The molecule has 0 atom stereocenters. The Labute approximate surface area is 182 Å². The molecule has 0 bridgehead atoms. The number of ether oxygens (including phenoxy) is 1. The highest BCUT2D eigenvalue weighted by Crippen LogP contribution is 2.36. The summed E-state index contributed by atoms with van der Waals surface area (Å²) >= 11 is 0. The molecule has 0 radical (unpaired) electrons. The molecular formula is C24H20FN3O4. The number of hydrogen-bond acceptors (Lipinski definition) is 5. The molecule has 2 amide bonds. The highest BCUT2D eigenvalue weighted by Gasteiger charge is 2.15. The molecule has 0 fully saturated rings. The van der Waals surface area contributed by atoms with Crippen LogP contribution in [-0.4, -0.2) is 24.6 Å². The molecular weight excluding hydrogens is 413 g/mol. The Morgan fingerprint density at radius 2 is 1.78 bits per heavy atom. The third-order valence-electron chi connectivity index (χ3n) is 4.84. The molecule has 2 N–H and O–H groups in total. The van der Waals surface area contributed by atoms with E-state index in [0.29, 0.717) is 22.7 Å². The van der Waals surface area contributed by atoms with Crippen LogP contribution < -0.4 is 15.5 Å². The molecule has 1 heterocycles. The van der Waals surface area contributed by atoms with Crippen LogP contribution >= 0.6 is 0 Å². The molecule has 32 heavy (non-hydrogen) atoms. The molecule has 0 saturated carbocycles. The fourth-order valence-corrected chi connectivity index (χ4v) is 3.30. The number of hydrazone groups is 1. The molecule has 7 nitrogen and oxygen atoms in total. The lowest BCUT2D eigenvalue weighted by atomic mass is 10.1. The van der Waals surface area contributed by atoms with Crippen molar-refractivity contribution in [2.75, 3.05) is 12.4 Å². The first-order valence-electron chi connectivity index (χ1n) is 9.83. The van der Waals surface area contributed by atoms with E-state index in [4.69, 9.17) is 9.15 Å². The van der Waals surface area contributed by atoms with E-state index in [-0.39, 0.29) is 17.9 Å². The monoisotopic (exact) mass is 433 g/mol. The van der Waals surface area contributed by atoms with Crippen LogP contribution in [0.5, 0.6) is 5.75 Å². The number of benzene rings is 3. The van der Waals surface area contributed by atoms with E-state index in [1.807, 2.05) is 30.3 Å². The van der Waals surface area contributed by atoms with Gasteiger partial charge in [0.05, 0.1) is 19.2 Å². The van der Waals surface area contributed by atoms with Gasteiger partial charge in [-0.25, -0.2) is 9.82 Å². The van der Waals surface area contributed by atoms with Gasteiger partial charge in [-0.15, -0.1) is 0 Å². The predicted octanol–water partition coefficient (Wildman–Crippen LogP) is 4.87. The predicted molar refractivity (Wildman–Crippen MR) is 120 cm³/mol. The molecule has 0 aliphatic heterocycles. The van der Waals surface area contributed by atoms with E-state index in [2.05, 4.69) is 15.8 Å². The zero-order valence-corrected chi connectivity index (χ0v) is 17.4. The third-order valence-corrected chi connectivity index (χ3v) is 4.84. The molecule has 162 valence electrons. The number of rotatable bonds is 6. The fourth-order valence-electron chi connectivity index (χ4n) is 3.30. The van der Waals surface area contributed by atoms with Crippen molar-refractivity contribution in [1.82, 2.24) is 5.43 Å². The summed E-state index contributed by atoms with van der Waals surface area (Å²) in [5.41, 5.74) is 4.84. The van der Waals surface area contributed by atoms with Gasteiger partial charge in [0.25, 0.3) is 5.91 Å². The first kappa shape index (κ1) is 21.0. The summed E-state index contributed by atoms with van der Waals surface area (Å²) < 4.78 is 24.3. The number of nitrogens with one attached hydrogen (secondary N) is 2. The van der Waals surface area contributed by atoms with E-state index >= 15 is 0 Å². The van der Waals surface area contributed by atoms with Gasteiger partial charge in [-0.2, -0.15) is 5.10 Å². The normalized spacial score (nSPS) is 11.5.